The zero-order valence-electron chi connectivity index (χ0n) is 13.0. The van der Waals surface area contributed by atoms with Crippen LogP contribution in [0.5, 0.6) is 0 Å². The maximum absolute atomic E-state index is 13.9. The number of benzene rings is 1. The zero-order valence-corrected chi connectivity index (χ0v) is 13.0. The van der Waals surface area contributed by atoms with Crippen LogP contribution in [0.1, 0.15) is 24.0 Å². The molecule has 0 aliphatic carbocycles. The van der Waals surface area contributed by atoms with E-state index in [0.717, 1.165) is 25.9 Å². The zero-order chi connectivity index (χ0) is 16.2. The minimum atomic E-state index is -0.345. The van der Waals surface area contributed by atoms with Gasteiger partial charge < -0.3 is 9.64 Å². The minimum Gasteiger partial charge on any atom is -0.368 e. The molecule has 2 heterocycles. The number of nitriles is 1. The van der Waals surface area contributed by atoms with Gasteiger partial charge >= 0.3 is 0 Å². The smallest absolute Gasteiger partial charge is 0.251 e. The first-order valence-electron chi connectivity index (χ1n) is 7.98. The molecule has 122 valence electrons. The number of amides is 1. The van der Waals surface area contributed by atoms with Crippen LogP contribution in [0, 0.1) is 17.1 Å². The van der Waals surface area contributed by atoms with Crippen molar-refractivity contribution in [3.63, 3.8) is 0 Å². The average molecular weight is 317 g/mol. The van der Waals surface area contributed by atoms with Crippen molar-refractivity contribution in [2.45, 2.75) is 25.5 Å². The number of carbonyl (C=O) groups is 1. The maximum Gasteiger partial charge on any atom is 0.251 e. The van der Waals surface area contributed by atoms with Gasteiger partial charge in [0.25, 0.3) is 5.91 Å². The molecule has 6 heteroatoms. The highest BCUT2D eigenvalue weighted by atomic mass is 19.1. The molecule has 1 aromatic rings. The predicted molar refractivity (Wildman–Crippen MR) is 81.9 cm³/mol. The van der Waals surface area contributed by atoms with Crippen molar-refractivity contribution in [1.29, 1.82) is 5.26 Å². The lowest BCUT2D eigenvalue weighted by atomic mass is 10.1. The van der Waals surface area contributed by atoms with Crippen molar-refractivity contribution in [1.82, 2.24) is 9.80 Å². The second-order valence-corrected chi connectivity index (χ2v) is 6.02. The highest BCUT2D eigenvalue weighted by Crippen LogP contribution is 2.17. The molecule has 3 rings (SSSR count). The molecule has 2 saturated heterocycles. The summed E-state index contributed by atoms with van der Waals surface area (Å²) in [4.78, 5) is 16.3. The molecule has 0 bridgehead atoms. The van der Waals surface area contributed by atoms with Crippen LogP contribution < -0.4 is 0 Å². The quantitative estimate of drug-likeness (QED) is 0.848. The highest BCUT2D eigenvalue weighted by molar-refractivity contribution is 5.81. The van der Waals surface area contributed by atoms with E-state index in [1.54, 1.807) is 12.1 Å². The number of hydrogen-bond acceptors (Lipinski definition) is 4. The first kappa shape index (κ1) is 15.9. The van der Waals surface area contributed by atoms with Gasteiger partial charge in [-0.1, -0.05) is 6.07 Å². The first-order valence-corrected chi connectivity index (χ1v) is 7.98. The lowest BCUT2D eigenvalue weighted by Crippen LogP contribution is -2.51. The van der Waals surface area contributed by atoms with E-state index in [0.29, 0.717) is 37.4 Å². The highest BCUT2D eigenvalue weighted by Gasteiger charge is 2.30. The van der Waals surface area contributed by atoms with Crippen LogP contribution in [-0.4, -0.2) is 54.6 Å². The molecule has 0 aromatic heterocycles. The molecule has 0 radical (unpaired) electrons. The van der Waals surface area contributed by atoms with E-state index in [1.807, 2.05) is 11.0 Å². The summed E-state index contributed by atoms with van der Waals surface area (Å²) < 4.78 is 19.4. The summed E-state index contributed by atoms with van der Waals surface area (Å²) in [7, 11) is 0. The predicted octanol–water partition coefficient (Wildman–Crippen LogP) is 1.52. The number of halogens is 1. The van der Waals surface area contributed by atoms with Gasteiger partial charge in [-0.2, -0.15) is 5.26 Å². The fraction of sp³-hybridized carbons (Fsp3) is 0.529. The number of carbonyl (C=O) groups excluding carboxylic acids is 1. The molecule has 5 nitrogen and oxygen atoms in total. The molecule has 0 N–H and O–H groups in total. The summed E-state index contributed by atoms with van der Waals surface area (Å²) in [5.41, 5.74) is 0.918. The van der Waals surface area contributed by atoms with Crippen LogP contribution in [0.25, 0.3) is 0 Å². The van der Waals surface area contributed by atoms with Gasteiger partial charge in [0.2, 0.25) is 0 Å². The van der Waals surface area contributed by atoms with Crippen LogP contribution >= 0.6 is 0 Å². The summed E-state index contributed by atoms with van der Waals surface area (Å²) in [6.07, 6.45) is 1.50. The Balaban J connectivity index is 1.53. The van der Waals surface area contributed by atoms with Crippen LogP contribution in [0.2, 0.25) is 0 Å². The molecule has 23 heavy (non-hydrogen) atoms. The normalized spacial score (nSPS) is 22.1. The second kappa shape index (κ2) is 7.07. The van der Waals surface area contributed by atoms with Crippen molar-refractivity contribution in [3.8, 4) is 6.07 Å². The Bertz CT molecular complexity index is 615. The Morgan fingerprint density at radius 1 is 1.35 bits per heavy atom. The topological polar surface area (TPSA) is 56.6 Å². The average Bonchev–Trinajstić information content (AvgIpc) is 3.11. The van der Waals surface area contributed by atoms with Gasteiger partial charge in [-0.25, -0.2) is 4.39 Å². The largest absolute Gasteiger partial charge is 0.368 e. The van der Waals surface area contributed by atoms with E-state index in [9.17, 15) is 9.18 Å². The van der Waals surface area contributed by atoms with E-state index >= 15 is 0 Å². The first-order chi connectivity index (χ1) is 11.2. The van der Waals surface area contributed by atoms with Gasteiger partial charge in [-0.05, 0) is 25.0 Å². The third kappa shape index (κ3) is 3.69. The molecule has 0 saturated carbocycles. The second-order valence-electron chi connectivity index (χ2n) is 6.02. The molecular weight excluding hydrogens is 297 g/mol. The van der Waals surface area contributed by atoms with Gasteiger partial charge in [0.15, 0.2) is 0 Å². The van der Waals surface area contributed by atoms with Crippen LogP contribution in [0.3, 0.4) is 0 Å². The Labute approximate surface area is 135 Å². The van der Waals surface area contributed by atoms with Crippen molar-refractivity contribution in [2.75, 3.05) is 32.8 Å². The third-order valence-electron chi connectivity index (χ3n) is 4.47. The molecule has 2 aliphatic rings. The summed E-state index contributed by atoms with van der Waals surface area (Å²) >= 11 is 0. The number of piperazine rings is 1. The van der Waals surface area contributed by atoms with Crippen LogP contribution in [0.15, 0.2) is 18.2 Å². The Kier molecular flexibility index (Phi) is 4.89. The van der Waals surface area contributed by atoms with E-state index in [1.165, 1.54) is 6.07 Å². The molecule has 1 aromatic carbocycles. The van der Waals surface area contributed by atoms with Crippen molar-refractivity contribution in [2.24, 2.45) is 0 Å². The maximum atomic E-state index is 13.9. The molecule has 0 spiro atoms. The van der Waals surface area contributed by atoms with Gasteiger partial charge in [0, 0.05) is 44.9 Å². The van der Waals surface area contributed by atoms with Gasteiger partial charge in [0.05, 0.1) is 11.6 Å². The molecule has 1 amide bonds. The fourth-order valence-corrected chi connectivity index (χ4v) is 3.09. The standard InChI is InChI=1S/C17H20FN3O2/c18-15-10-13(11-19)3-4-14(15)12-20-5-7-21(8-6-20)17(22)16-2-1-9-23-16/h3-4,10,16H,1-2,5-9,12H2/t16-/m1/s1. The lowest BCUT2D eigenvalue weighted by molar-refractivity contribution is -0.142. The Hall–Kier alpha value is -1.97. The summed E-state index contributed by atoms with van der Waals surface area (Å²) in [6, 6.07) is 6.50. The van der Waals surface area contributed by atoms with Crippen molar-refractivity contribution >= 4 is 5.91 Å². The van der Waals surface area contributed by atoms with Gasteiger partial charge in [-0.15, -0.1) is 0 Å². The molecular formula is C17H20FN3O2. The van der Waals surface area contributed by atoms with E-state index in [-0.39, 0.29) is 17.8 Å². The van der Waals surface area contributed by atoms with E-state index in [2.05, 4.69) is 4.90 Å². The summed E-state index contributed by atoms with van der Waals surface area (Å²) in [5.74, 6) is -0.256. The fourth-order valence-electron chi connectivity index (χ4n) is 3.09. The van der Waals surface area contributed by atoms with E-state index in [4.69, 9.17) is 10.00 Å². The van der Waals surface area contributed by atoms with E-state index < -0.39 is 0 Å². The monoisotopic (exact) mass is 317 g/mol. The minimum absolute atomic E-state index is 0.0895. The molecule has 2 fully saturated rings. The number of hydrogen-bond donors (Lipinski definition) is 0. The summed E-state index contributed by atoms with van der Waals surface area (Å²) in [5, 5.41) is 8.77. The van der Waals surface area contributed by atoms with Crippen LogP contribution in [-0.2, 0) is 16.1 Å². The summed E-state index contributed by atoms with van der Waals surface area (Å²) in [6.45, 7) is 3.91. The lowest BCUT2D eigenvalue weighted by Gasteiger charge is -2.35. The molecule has 2 aliphatic heterocycles. The third-order valence-corrected chi connectivity index (χ3v) is 4.47. The van der Waals surface area contributed by atoms with Crippen LogP contribution in [0.4, 0.5) is 4.39 Å². The van der Waals surface area contributed by atoms with Gasteiger partial charge in [0.1, 0.15) is 11.9 Å². The van der Waals surface area contributed by atoms with Crippen molar-refractivity contribution < 1.29 is 13.9 Å². The Morgan fingerprint density at radius 2 is 2.13 bits per heavy atom. The van der Waals surface area contributed by atoms with Gasteiger partial charge in [-0.3, -0.25) is 9.69 Å². The number of ether oxygens (including phenoxy) is 1. The van der Waals surface area contributed by atoms with Crippen molar-refractivity contribution in [3.05, 3.63) is 35.1 Å². The molecule has 0 unspecified atom stereocenters. The molecule has 1 atom stereocenters. The Morgan fingerprint density at radius 3 is 2.74 bits per heavy atom. The number of rotatable bonds is 3. The SMILES string of the molecule is N#Cc1ccc(CN2CCN(C(=O)[C@H]3CCCO3)CC2)c(F)c1. The number of nitrogens with zero attached hydrogens (tertiary/aromatic N) is 3.